The minimum absolute atomic E-state index is 0.298. The first-order valence-electron chi connectivity index (χ1n) is 5.94. The van der Waals surface area contributed by atoms with Crippen LogP contribution in [0.25, 0.3) is 0 Å². The van der Waals surface area contributed by atoms with Crippen LogP contribution in [0.1, 0.15) is 48.9 Å². The Morgan fingerprint density at radius 3 is 2.53 bits per heavy atom. The molecule has 1 aliphatic carbocycles. The Bertz CT molecular complexity index is 311. The van der Waals surface area contributed by atoms with Gasteiger partial charge in [0, 0.05) is 12.0 Å². The molecule has 1 heteroatoms. The molecule has 80 valence electrons. The van der Waals surface area contributed by atoms with E-state index in [1.165, 1.54) is 25.7 Å². The van der Waals surface area contributed by atoms with Gasteiger partial charge in [-0.05, 0) is 12.3 Å². The molecule has 0 atom stereocenters. The molecule has 0 heterocycles. The number of Topliss-reactive ketones (excluding diaryl/α,β-unsaturated/α-hetero) is 1. The second-order valence-electron chi connectivity index (χ2n) is 4.48. The average molecular weight is 202 g/mol. The van der Waals surface area contributed by atoms with Gasteiger partial charge in [0.15, 0.2) is 5.78 Å². The molecule has 15 heavy (non-hydrogen) atoms. The zero-order valence-electron chi connectivity index (χ0n) is 9.11. The van der Waals surface area contributed by atoms with E-state index >= 15 is 0 Å². The summed E-state index contributed by atoms with van der Waals surface area (Å²) in [5.41, 5.74) is 0.865. The largest absolute Gasteiger partial charge is 0.294 e. The number of hydrogen-bond acceptors (Lipinski definition) is 1. The summed E-state index contributed by atoms with van der Waals surface area (Å²) in [5, 5.41) is 0. The van der Waals surface area contributed by atoms with Crippen LogP contribution >= 0.6 is 0 Å². The molecule has 2 rings (SSSR count). The molecular weight excluding hydrogens is 184 g/mol. The van der Waals surface area contributed by atoms with Gasteiger partial charge in [0.2, 0.25) is 0 Å². The second-order valence-corrected chi connectivity index (χ2v) is 4.48. The topological polar surface area (TPSA) is 17.1 Å². The highest BCUT2D eigenvalue weighted by Crippen LogP contribution is 2.34. The number of unbranched alkanes of at least 4 members (excludes halogenated alkanes) is 1. The molecule has 0 saturated heterocycles. The Hall–Kier alpha value is -1.11. The second kappa shape index (κ2) is 5.11. The molecule has 1 aromatic carbocycles. The van der Waals surface area contributed by atoms with Crippen LogP contribution in [0.5, 0.6) is 0 Å². The van der Waals surface area contributed by atoms with E-state index in [4.69, 9.17) is 0 Å². The summed E-state index contributed by atoms with van der Waals surface area (Å²) >= 11 is 0. The number of ketones is 1. The van der Waals surface area contributed by atoms with Gasteiger partial charge in [-0.1, -0.05) is 56.0 Å². The van der Waals surface area contributed by atoms with Crippen LogP contribution in [0.2, 0.25) is 0 Å². The molecule has 1 aromatic rings. The highest BCUT2D eigenvalue weighted by Gasteiger charge is 2.20. The third-order valence-electron chi connectivity index (χ3n) is 3.06. The fraction of sp³-hybridized carbons (Fsp3) is 0.500. The lowest BCUT2D eigenvalue weighted by Gasteiger charge is -2.00. The zero-order valence-corrected chi connectivity index (χ0v) is 9.11. The van der Waals surface area contributed by atoms with E-state index in [1.54, 1.807) is 0 Å². The van der Waals surface area contributed by atoms with Crippen molar-refractivity contribution in [3.05, 3.63) is 35.9 Å². The summed E-state index contributed by atoms with van der Waals surface area (Å²) in [4.78, 5) is 11.7. The van der Waals surface area contributed by atoms with E-state index in [1.807, 2.05) is 30.3 Å². The molecule has 0 radical (unpaired) electrons. The molecule has 0 N–H and O–H groups in total. The van der Waals surface area contributed by atoms with Crippen molar-refractivity contribution in [1.29, 1.82) is 0 Å². The summed E-state index contributed by atoms with van der Waals surface area (Å²) in [6.45, 7) is 0. The Kier molecular flexibility index (Phi) is 3.54. The van der Waals surface area contributed by atoms with Crippen LogP contribution < -0.4 is 0 Å². The molecule has 0 aromatic heterocycles. The fourth-order valence-corrected chi connectivity index (χ4v) is 1.89. The van der Waals surface area contributed by atoms with Gasteiger partial charge in [-0.3, -0.25) is 4.79 Å². The van der Waals surface area contributed by atoms with Gasteiger partial charge in [0.25, 0.3) is 0 Å². The quantitative estimate of drug-likeness (QED) is 0.506. The van der Waals surface area contributed by atoms with Crippen molar-refractivity contribution in [3.63, 3.8) is 0 Å². The lowest BCUT2D eigenvalue weighted by molar-refractivity contribution is 0.0979. The lowest BCUT2D eigenvalue weighted by atomic mass is 10.0. The third-order valence-corrected chi connectivity index (χ3v) is 3.06. The van der Waals surface area contributed by atoms with Crippen LogP contribution in [0.4, 0.5) is 0 Å². The average Bonchev–Trinajstić information content (AvgIpc) is 3.09. The summed E-state index contributed by atoms with van der Waals surface area (Å²) in [6.07, 6.45) is 7.19. The van der Waals surface area contributed by atoms with Gasteiger partial charge < -0.3 is 0 Å². The molecule has 1 fully saturated rings. The predicted octanol–water partition coefficient (Wildman–Crippen LogP) is 3.84. The van der Waals surface area contributed by atoms with Crippen molar-refractivity contribution in [2.45, 2.75) is 38.5 Å². The first-order chi connectivity index (χ1) is 7.36. The van der Waals surface area contributed by atoms with Crippen molar-refractivity contribution in [2.75, 3.05) is 0 Å². The number of hydrogen-bond donors (Lipinski definition) is 0. The highest BCUT2D eigenvalue weighted by atomic mass is 16.1. The third kappa shape index (κ3) is 3.50. The monoisotopic (exact) mass is 202 g/mol. The molecule has 0 bridgehead atoms. The van der Waals surface area contributed by atoms with E-state index in [0.29, 0.717) is 5.78 Å². The Morgan fingerprint density at radius 1 is 1.13 bits per heavy atom. The van der Waals surface area contributed by atoms with E-state index in [9.17, 15) is 4.79 Å². The number of benzene rings is 1. The van der Waals surface area contributed by atoms with Crippen LogP contribution in [0.15, 0.2) is 30.3 Å². The molecule has 0 amide bonds. The molecule has 1 saturated carbocycles. The van der Waals surface area contributed by atoms with Crippen LogP contribution in [-0.2, 0) is 0 Å². The van der Waals surface area contributed by atoms with Crippen molar-refractivity contribution in [2.24, 2.45) is 5.92 Å². The maximum absolute atomic E-state index is 11.7. The molecule has 0 aliphatic heterocycles. The van der Waals surface area contributed by atoms with Crippen LogP contribution in [-0.4, -0.2) is 5.78 Å². The molecule has 0 spiro atoms. The zero-order chi connectivity index (χ0) is 10.5. The van der Waals surface area contributed by atoms with Gasteiger partial charge in [-0.25, -0.2) is 0 Å². The normalized spacial score (nSPS) is 15.2. The molecule has 1 nitrogen and oxygen atoms in total. The van der Waals surface area contributed by atoms with E-state index in [0.717, 1.165) is 24.3 Å². The van der Waals surface area contributed by atoms with E-state index in [-0.39, 0.29) is 0 Å². The lowest BCUT2D eigenvalue weighted by Crippen LogP contribution is -1.98. The predicted molar refractivity (Wildman–Crippen MR) is 62.0 cm³/mol. The number of carbonyl (C=O) groups excluding carboxylic acids is 1. The first kappa shape index (κ1) is 10.4. The van der Waals surface area contributed by atoms with Crippen LogP contribution in [0.3, 0.4) is 0 Å². The molecule has 1 aliphatic rings. The minimum atomic E-state index is 0.298. The van der Waals surface area contributed by atoms with Crippen molar-refractivity contribution in [3.8, 4) is 0 Å². The summed E-state index contributed by atoms with van der Waals surface area (Å²) < 4.78 is 0. The SMILES string of the molecule is O=C(CCCCC1CC1)c1ccccc1. The Labute approximate surface area is 91.5 Å². The van der Waals surface area contributed by atoms with Crippen LogP contribution in [0, 0.1) is 5.92 Å². The first-order valence-corrected chi connectivity index (χ1v) is 5.94. The standard InChI is InChI=1S/C14H18O/c15-14(13-7-2-1-3-8-13)9-5-4-6-12-10-11-12/h1-3,7-8,12H,4-6,9-11H2. The summed E-state index contributed by atoms with van der Waals surface area (Å²) in [7, 11) is 0. The summed E-state index contributed by atoms with van der Waals surface area (Å²) in [5.74, 6) is 1.29. The highest BCUT2D eigenvalue weighted by molar-refractivity contribution is 5.95. The Balaban J connectivity index is 1.67. The van der Waals surface area contributed by atoms with Gasteiger partial charge in [-0.2, -0.15) is 0 Å². The molecule has 0 unspecified atom stereocenters. The van der Waals surface area contributed by atoms with E-state index in [2.05, 4.69) is 0 Å². The summed E-state index contributed by atoms with van der Waals surface area (Å²) in [6, 6.07) is 9.62. The fourth-order valence-electron chi connectivity index (χ4n) is 1.89. The van der Waals surface area contributed by atoms with E-state index < -0.39 is 0 Å². The van der Waals surface area contributed by atoms with Gasteiger partial charge in [0.1, 0.15) is 0 Å². The van der Waals surface area contributed by atoms with Crippen molar-refractivity contribution < 1.29 is 4.79 Å². The molecular formula is C14H18O. The van der Waals surface area contributed by atoms with Gasteiger partial charge >= 0.3 is 0 Å². The minimum Gasteiger partial charge on any atom is -0.294 e. The van der Waals surface area contributed by atoms with Crippen molar-refractivity contribution in [1.82, 2.24) is 0 Å². The van der Waals surface area contributed by atoms with Crippen molar-refractivity contribution >= 4 is 5.78 Å². The van der Waals surface area contributed by atoms with Gasteiger partial charge in [-0.15, -0.1) is 0 Å². The van der Waals surface area contributed by atoms with Gasteiger partial charge in [0.05, 0.1) is 0 Å². The maximum Gasteiger partial charge on any atom is 0.162 e. The maximum atomic E-state index is 11.7. The Morgan fingerprint density at radius 2 is 1.87 bits per heavy atom. The smallest absolute Gasteiger partial charge is 0.162 e. The number of rotatable bonds is 6. The number of carbonyl (C=O) groups is 1.